The van der Waals surface area contributed by atoms with Crippen LogP contribution in [0.4, 0.5) is 5.69 Å². The van der Waals surface area contributed by atoms with Crippen molar-refractivity contribution in [2.75, 3.05) is 31.3 Å². The van der Waals surface area contributed by atoms with Gasteiger partial charge in [-0.15, -0.1) is 10.2 Å². The fourth-order valence-corrected chi connectivity index (χ4v) is 3.99. The number of thioether (sulfide) groups is 1. The fourth-order valence-electron chi connectivity index (χ4n) is 3.16. The van der Waals surface area contributed by atoms with Crippen LogP contribution in [-0.4, -0.2) is 57.4 Å². The van der Waals surface area contributed by atoms with E-state index in [0.29, 0.717) is 29.1 Å². The highest BCUT2D eigenvalue weighted by molar-refractivity contribution is 7.99. The summed E-state index contributed by atoms with van der Waals surface area (Å²) >= 11 is 1.30. The molecule has 1 N–H and O–H groups in total. The number of likely N-dealkylation sites (N-methyl/N-ethyl adjacent to an activating group) is 1. The molecule has 0 saturated heterocycles. The van der Waals surface area contributed by atoms with Crippen molar-refractivity contribution in [2.45, 2.75) is 31.8 Å². The largest absolute Gasteiger partial charge is 0.497 e. The summed E-state index contributed by atoms with van der Waals surface area (Å²) in [6, 6.07) is 15.2. The van der Waals surface area contributed by atoms with Gasteiger partial charge in [-0.1, -0.05) is 37.7 Å². The van der Waals surface area contributed by atoms with E-state index in [-0.39, 0.29) is 24.1 Å². The van der Waals surface area contributed by atoms with Crippen LogP contribution in [0.25, 0.3) is 5.69 Å². The van der Waals surface area contributed by atoms with Crippen LogP contribution in [0.1, 0.15) is 32.3 Å². The number of methoxy groups -OCH3 is 1. The maximum atomic E-state index is 12.8. The zero-order valence-corrected chi connectivity index (χ0v) is 20.1. The molecule has 1 heterocycles. The third-order valence-electron chi connectivity index (χ3n) is 5.12. The van der Waals surface area contributed by atoms with E-state index in [9.17, 15) is 9.59 Å². The van der Waals surface area contributed by atoms with Crippen LogP contribution in [0.15, 0.2) is 60.0 Å². The number of aromatic nitrogens is 3. The molecule has 0 fully saturated rings. The Hall–Kier alpha value is -3.33. The highest BCUT2D eigenvalue weighted by Crippen LogP contribution is 2.22. The van der Waals surface area contributed by atoms with Crippen molar-refractivity contribution in [3.05, 3.63) is 60.4 Å². The molecular weight excluding hydrogens is 438 g/mol. The fraction of sp³-hybridized carbons (Fsp3) is 0.333. The summed E-state index contributed by atoms with van der Waals surface area (Å²) in [5, 5.41) is 11.6. The van der Waals surface area contributed by atoms with Crippen LogP contribution in [0.5, 0.6) is 5.75 Å². The average molecular weight is 468 g/mol. The van der Waals surface area contributed by atoms with E-state index in [1.807, 2.05) is 23.6 Å². The quantitative estimate of drug-likeness (QED) is 0.454. The van der Waals surface area contributed by atoms with Crippen molar-refractivity contribution >= 4 is 29.3 Å². The highest BCUT2D eigenvalue weighted by atomic mass is 32.2. The molecule has 0 aliphatic rings. The van der Waals surface area contributed by atoms with Crippen molar-refractivity contribution in [3.63, 3.8) is 0 Å². The molecule has 8 nitrogen and oxygen atoms in total. The van der Waals surface area contributed by atoms with Crippen molar-refractivity contribution < 1.29 is 14.3 Å². The van der Waals surface area contributed by atoms with Gasteiger partial charge in [0.2, 0.25) is 11.8 Å². The first kappa shape index (κ1) is 24.3. The molecule has 9 heteroatoms. The van der Waals surface area contributed by atoms with Gasteiger partial charge in [-0.3, -0.25) is 14.2 Å². The van der Waals surface area contributed by atoms with Gasteiger partial charge in [0.05, 0.1) is 19.4 Å². The summed E-state index contributed by atoms with van der Waals surface area (Å²) in [5.41, 5.74) is 2.84. The minimum Gasteiger partial charge on any atom is -0.497 e. The third-order valence-corrected chi connectivity index (χ3v) is 6.05. The van der Waals surface area contributed by atoms with Crippen LogP contribution >= 0.6 is 11.8 Å². The minimum atomic E-state index is -0.256. The molecule has 0 aliphatic carbocycles. The molecule has 174 valence electrons. The van der Waals surface area contributed by atoms with E-state index >= 15 is 0 Å². The highest BCUT2D eigenvalue weighted by Gasteiger charge is 2.18. The molecule has 0 atom stereocenters. The molecule has 2 amide bonds. The van der Waals surface area contributed by atoms with Gasteiger partial charge in [0.15, 0.2) is 5.16 Å². The first-order valence-corrected chi connectivity index (χ1v) is 11.7. The molecule has 0 unspecified atom stereocenters. The number of hydrogen-bond acceptors (Lipinski definition) is 6. The number of anilines is 1. The van der Waals surface area contributed by atoms with Gasteiger partial charge in [0.1, 0.15) is 12.1 Å². The molecule has 0 saturated carbocycles. The van der Waals surface area contributed by atoms with Crippen LogP contribution in [0, 0.1) is 0 Å². The standard InChI is InChI=1S/C24H29N5O3S/c1-5-28(14-22(30)26-19-8-12-21(32-4)13-9-19)23(31)15-33-24-27-25-16-29(24)20-10-6-18(7-11-20)17(2)3/h6-13,16-17H,5,14-15H2,1-4H3,(H,26,30). The van der Waals surface area contributed by atoms with E-state index in [1.54, 1.807) is 37.7 Å². The van der Waals surface area contributed by atoms with Gasteiger partial charge >= 0.3 is 0 Å². The van der Waals surface area contributed by atoms with E-state index < -0.39 is 0 Å². The third kappa shape index (κ3) is 6.58. The number of hydrogen-bond donors (Lipinski definition) is 1. The lowest BCUT2D eigenvalue weighted by molar-refractivity contribution is -0.132. The molecule has 0 bridgehead atoms. The number of carbonyl (C=O) groups excluding carboxylic acids is 2. The molecule has 0 aliphatic heterocycles. The summed E-state index contributed by atoms with van der Waals surface area (Å²) in [6.45, 7) is 6.56. The van der Waals surface area contributed by atoms with Crippen LogP contribution in [-0.2, 0) is 9.59 Å². The Bertz CT molecular complexity index is 1060. The molecule has 33 heavy (non-hydrogen) atoms. The lowest BCUT2D eigenvalue weighted by Gasteiger charge is -2.20. The van der Waals surface area contributed by atoms with Crippen molar-refractivity contribution in [2.24, 2.45) is 0 Å². The Morgan fingerprint density at radius 1 is 1.12 bits per heavy atom. The normalized spacial score (nSPS) is 10.8. The lowest BCUT2D eigenvalue weighted by atomic mass is 10.0. The summed E-state index contributed by atoms with van der Waals surface area (Å²) in [7, 11) is 1.58. The van der Waals surface area contributed by atoms with E-state index in [0.717, 1.165) is 5.69 Å². The van der Waals surface area contributed by atoms with E-state index in [4.69, 9.17) is 4.74 Å². The smallest absolute Gasteiger partial charge is 0.243 e. The SMILES string of the molecule is CCN(CC(=O)Nc1ccc(OC)cc1)C(=O)CSc1nncn1-c1ccc(C(C)C)cc1. The molecule has 3 rings (SSSR count). The first-order valence-electron chi connectivity index (χ1n) is 10.8. The topological polar surface area (TPSA) is 89.3 Å². The second kappa shape index (κ2) is 11.5. The zero-order chi connectivity index (χ0) is 23.8. The molecule has 0 spiro atoms. The Morgan fingerprint density at radius 2 is 1.82 bits per heavy atom. The van der Waals surface area contributed by atoms with E-state index in [2.05, 4.69) is 41.5 Å². The Morgan fingerprint density at radius 3 is 2.42 bits per heavy atom. The second-order valence-corrected chi connectivity index (χ2v) is 8.65. The van der Waals surface area contributed by atoms with Crippen LogP contribution in [0.2, 0.25) is 0 Å². The Balaban J connectivity index is 1.57. The monoisotopic (exact) mass is 467 g/mol. The van der Waals surface area contributed by atoms with Crippen molar-refractivity contribution in [1.82, 2.24) is 19.7 Å². The van der Waals surface area contributed by atoms with Gasteiger partial charge in [-0.05, 0) is 54.8 Å². The number of carbonyl (C=O) groups is 2. The second-order valence-electron chi connectivity index (χ2n) is 7.70. The number of nitrogens with one attached hydrogen (secondary N) is 1. The minimum absolute atomic E-state index is 0.0225. The Labute approximate surface area is 198 Å². The number of benzene rings is 2. The predicted molar refractivity (Wildman–Crippen MR) is 130 cm³/mol. The van der Waals surface area contributed by atoms with E-state index in [1.165, 1.54) is 22.2 Å². The summed E-state index contributed by atoms with van der Waals surface area (Å²) in [6.07, 6.45) is 1.64. The van der Waals surface area contributed by atoms with Gasteiger partial charge < -0.3 is 15.0 Å². The predicted octanol–water partition coefficient (Wildman–Crippen LogP) is 3.98. The number of ether oxygens (including phenoxy) is 1. The molecule has 3 aromatic rings. The number of amides is 2. The first-order chi connectivity index (χ1) is 15.9. The summed E-state index contributed by atoms with van der Waals surface area (Å²) < 4.78 is 6.97. The Kier molecular flexibility index (Phi) is 8.48. The molecular formula is C24H29N5O3S. The molecule has 0 radical (unpaired) electrons. The van der Waals surface area contributed by atoms with Crippen LogP contribution < -0.4 is 10.1 Å². The maximum Gasteiger partial charge on any atom is 0.243 e. The average Bonchev–Trinajstić information content (AvgIpc) is 3.30. The lowest BCUT2D eigenvalue weighted by Crippen LogP contribution is -2.38. The number of rotatable bonds is 10. The zero-order valence-electron chi connectivity index (χ0n) is 19.3. The molecule has 1 aromatic heterocycles. The summed E-state index contributed by atoms with van der Waals surface area (Å²) in [4.78, 5) is 26.7. The number of nitrogens with zero attached hydrogens (tertiary/aromatic N) is 4. The van der Waals surface area contributed by atoms with Crippen molar-refractivity contribution in [3.8, 4) is 11.4 Å². The maximum absolute atomic E-state index is 12.8. The van der Waals surface area contributed by atoms with Crippen LogP contribution in [0.3, 0.4) is 0 Å². The van der Waals surface area contributed by atoms with Gasteiger partial charge in [-0.25, -0.2) is 0 Å². The summed E-state index contributed by atoms with van der Waals surface area (Å²) in [5.74, 6) is 0.922. The van der Waals surface area contributed by atoms with Gasteiger partial charge in [0.25, 0.3) is 0 Å². The molecule has 2 aromatic carbocycles. The van der Waals surface area contributed by atoms with Gasteiger partial charge in [0, 0.05) is 17.9 Å². The van der Waals surface area contributed by atoms with Crippen molar-refractivity contribution in [1.29, 1.82) is 0 Å². The van der Waals surface area contributed by atoms with Gasteiger partial charge in [-0.2, -0.15) is 0 Å².